The molecule has 2 N–H and O–H groups in total. The highest BCUT2D eigenvalue weighted by Gasteiger charge is 2.07. The Bertz CT molecular complexity index is 673. The summed E-state index contributed by atoms with van der Waals surface area (Å²) in [6.07, 6.45) is 0. The summed E-state index contributed by atoms with van der Waals surface area (Å²) in [5.74, 6) is 0.661. The van der Waals surface area contributed by atoms with E-state index < -0.39 is 0 Å². The molecule has 4 heteroatoms. The normalized spacial score (nSPS) is 10.7. The molecule has 0 radical (unpaired) electrons. The predicted molar refractivity (Wildman–Crippen MR) is 75.3 cm³/mol. The number of nitrogens with zero attached hydrogens (tertiary/aromatic N) is 1. The molecule has 0 saturated carbocycles. The maximum Gasteiger partial charge on any atom is 0.279 e. The van der Waals surface area contributed by atoms with Crippen LogP contribution < -0.4 is 10.5 Å². The smallest absolute Gasteiger partial charge is 0.279 e. The number of hydrogen-bond acceptors (Lipinski definition) is 4. The monoisotopic (exact) mass is 256 g/mol. The summed E-state index contributed by atoms with van der Waals surface area (Å²) >= 11 is 1.52. The van der Waals surface area contributed by atoms with Crippen LogP contribution in [0.25, 0.3) is 10.2 Å². The van der Waals surface area contributed by atoms with Crippen molar-refractivity contribution < 1.29 is 4.74 Å². The largest absolute Gasteiger partial charge is 0.429 e. The van der Waals surface area contributed by atoms with Crippen molar-refractivity contribution in [1.29, 1.82) is 0 Å². The quantitative estimate of drug-likeness (QED) is 0.705. The number of nitrogen functional groups attached to an aromatic ring is 1. The lowest BCUT2D eigenvalue weighted by Gasteiger charge is -2.05. The summed E-state index contributed by atoms with van der Waals surface area (Å²) < 4.78 is 6.87. The van der Waals surface area contributed by atoms with Crippen molar-refractivity contribution in [2.24, 2.45) is 0 Å². The number of benzene rings is 2. The van der Waals surface area contributed by atoms with E-state index in [1.54, 1.807) is 0 Å². The molecule has 1 heterocycles. The highest BCUT2D eigenvalue weighted by atomic mass is 32.1. The SMILES string of the molecule is Cc1ccc(N)c(Oc2nc3ccccc3s2)c1. The van der Waals surface area contributed by atoms with E-state index in [0.29, 0.717) is 16.6 Å². The fourth-order valence-electron chi connectivity index (χ4n) is 1.72. The van der Waals surface area contributed by atoms with E-state index in [-0.39, 0.29) is 0 Å². The highest BCUT2D eigenvalue weighted by Crippen LogP contribution is 2.33. The molecule has 0 aliphatic rings. The van der Waals surface area contributed by atoms with Gasteiger partial charge in [-0.1, -0.05) is 29.5 Å². The number of anilines is 1. The molecule has 0 unspecified atom stereocenters. The van der Waals surface area contributed by atoms with Crippen LogP contribution in [-0.2, 0) is 0 Å². The van der Waals surface area contributed by atoms with Gasteiger partial charge in [0.05, 0.1) is 15.9 Å². The second-order valence-electron chi connectivity index (χ2n) is 4.09. The molecular formula is C14H12N2OS. The van der Waals surface area contributed by atoms with Crippen molar-refractivity contribution in [3.05, 3.63) is 48.0 Å². The third-order valence-electron chi connectivity index (χ3n) is 2.64. The Labute approximate surface area is 109 Å². The second-order valence-corrected chi connectivity index (χ2v) is 5.08. The van der Waals surface area contributed by atoms with Gasteiger partial charge in [-0.25, -0.2) is 4.98 Å². The summed E-state index contributed by atoms with van der Waals surface area (Å²) in [6.45, 7) is 2.00. The van der Waals surface area contributed by atoms with Gasteiger partial charge < -0.3 is 10.5 Å². The van der Waals surface area contributed by atoms with Crippen LogP contribution in [0.2, 0.25) is 0 Å². The zero-order chi connectivity index (χ0) is 12.5. The molecule has 0 atom stereocenters. The average molecular weight is 256 g/mol. The number of hydrogen-bond donors (Lipinski definition) is 1. The van der Waals surface area contributed by atoms with Gasteiger partial charge in [-0.05, 0) is 36.8 Å². The number of thiazole rings is 1. The van der Waals surface area contributed by atoms with Gasteiger partial charge in [0, 0.05) is 0 Å². The van der Waals surface area contributed by atoms with Crippen LogP contribution in [0.3, 0.4) is 0 Å². The first-order chi connectivity index (χ1) is 8.72. The van der Waals surface area contributed by atoms with Crippen LogP contribution >= 0.6 is 11.3 Å². The van der Waals surface area contributed by atoms with E-state index in [1.165, 1.54) is 11.3 Å². The van der Waals surface area contributed by atoms with Crippen LogP contribution in [0.1, 0.15) is 5.56 Å². The van der Waals surface area contributed by atoms with Gasteiger partial charge in [0.15, 0.2) is 5.75 Å². The van der Waals surface area contributed by atoms with Gasteiger partial charge >= 0.3 is 0 Å². The Morgan fingerprint density at radius 1 is 1.17 bits per heavy atom. The second kappa shape index (κ2) is 4.31. The molecule has 0 amide bonds. The van der Waals surface area contributed by atoms with Gasteiger partial charge in [0.1, 0.15) is 0 Å². The first-order valence-electron chi connectivity index (χ1n) is 5.62. The third-order valence-corrected chi connectivity index (χ3v) is 3.55. The first-order valence-corrected chi connectivity index (χ1v) is 6.43. The van der Waals surface area contributed by atoms with Crippen LogP contribution in [0.5, 0.6) is 10.9 Å². The lowest BCUT2D eigenvalue weighted by atomic mass is 10.2. The lowest BCUT2D eigenvalue weighted by Crippen LogP contribution is -1.92. The molecule has 0 spiro atoms. The maximum absolute atomic E-state index is 5.88. The standard InChI is InChI=1S/C14H12N2OS/c1-9-6-7-10(15)12(8-9)17-14-16-11-4-2-3-5-13(11)18-14/h2-8H,15H2,1H3. The van der Waals surface area contributed by atoms with E-state index in [2.05, 4.69) is 4.98 Å². The predicted octanol–water partition coefficient (Wildman–Crippen LogP) is 3.98. The van der Waals surface area contributed by atoms with E-state index in [1.807, 2.05) is 49.4 Å². The summed E-state index contributed by atoms with van der Waals surface area (Å²) in [4.78, 5) is 4.42. The topological polar surface area (TPSA) is 48.1 Å². The summed E-state index contributed by atoms with van der Waals surface area (Å²) in [5, 5.41) is 0.619. The molecule has 3 nitrogen and oxygen atoms in total. The Balaban J connectivity index is 1.98. The zero-order valence-electron chi connectivity index (χ0n) is 9.88. The highest BCUT2D eigenvalue weighted by molar-refractivity contribution is 7.20. The number of ether oxygens (including phenoxy) is 1. The minimum atomic E-state index is 0.619. The Kier molecular flexibility index (Phi) is 2.64. The molecule has 0 aliphatic heterocycles. The number of aromatic nitrogens is 1. The van der Waals surface area contributed by atoms with Crippen LogP contribution in [0.15, 0.2) is 42.5 Å². The molecule has 1 aromatic heterocycles. The van der Waals surface area contributed by atoms with Crippen molar-refractivity contribution >= 4 is 27.2 Å². The molecule has 2 aromatic carbocycles. The number of nitrogens with two attached hydrogens (primary N) is 1. The van der Waals surface area contributed by atoms with E-state index >= 15 is 0 Å². The number of aryl methyl sites for hydroxylation is 1. The molecule has 90 valence electrons. The van der Waals surface area contributed by atoms with Gasteiger partial charge in [-0.3, -0.25) is 0 Å². The van der Waals surface area contributed by atoms with E-state index in [9.17, 15) is 0 Å². The molecule has 0 fully saturated rings. The van der Waals surface area contributed by atoms with Crippen LogP contribution in [0.4, 0.5) is 5.69 Å². The number of fused-ring (bicyclic) bond motifs is 1. The third kappa shape index (κ3) is 2.02. The van der Waals surface area contributed by atoms with Crippen LogP contribution in [-0.4, -0.2) is 4.98 Å². The molecule has 3 aromatic rings. The van der Waals surface area contributed by atoms with Gasteiger partial charge in [0.25, 0.3) is 5.19 Å². The molecular weight excluding hydrogens is 244 g/mol. The Hall–Kier alpha value is -2.07. The first kappa shape index (κ1) is 11.0. The van der Waals surface area contributed by atoms with Gasteiger partial charge in [-0.2, -0.15) is 0 Å². The van der Waals surface area contributed by atoms with Crippen molar-refractivity contribution in [3.63, 3.8) is 0 Å². The van der Waals surface area contributed by atoms with E-state index in [4.69, 9.17) is 10.5 Å². The van der Waals surface area contributed by atoms with Crippen molar-refractivity contribution in [2.45, 2.75) is 6.92 Å². The molecule has 3 rings (SSSR count). The van der Waals surface area contributed by atoms with Crippen LogP contribution in [0, 0.1) is 6.92 Å². The lowest BCUT2D eigenvalue weighted by molar-refractivity contribution is 0.482. The Morgan fingerprint density at radius 2 is 2.00 bits per heavy atom. The molecule has 0 bridgehead atoms. The number of rotatable bonds is 2. The van der Waals surface area contributed by atoms with Crippen molar-refractivity contribution in [3.8, 4) is 10.9 Å². The molecule has 0 saturated heterocycles. The van der Waals surface area contributed by atoms with Crippen molar-refractivity contribution in [2.75, 3.05) is 5.73 Å². The molecule has 18 heavy (non-hydrogen) atoms. The fraction of sp³-hybridized carbons (Fsp3) is 0.0714. The summed E-state index contributed by atoms with van der Waals surface area (Å²) in [5.41, 5.74) is 8.57. The minimum Gasteiger partial charge on any atom is -0.429 e. The van der Waals surface area contributed by atoms with Gasteiger partial charge in [0.2, 0.25) is 0 Å². The minimum absolute atomic E-state index is 0.619. The van der Waals surface area contributed by atoms with E-state index in [0.717, 1.165) is 15.8 Å². The fourth-order valence-corrected chi connectivity index (χ4v) is 2.55. The maximum atomic E-state index is 5.88. The average Bonchev–Trinajstić information content (AvgIpc) is 2.76. The Morgan fingerprint density at radius 3 is 2.83 bits per heavy atom. The van der Waals surface area contributed by atoms with Crippen molar-refractivity contribution in [1.82, 2.24) is 4.98 Å². The van der Waals surface area contributed by atoms with Gasteiger partial charge in [-0.15, -0.1) is 0 Å². The molecule has 0 aliphatic carbocycles. The number of para-hydroxylation sites is 1. The summed E-state index contributed by atoms with van der Waals surface area (Å²) in [6, 6.07) is 13.7. The zero-order valence-corrected chi connectivity index (χ0v) is 10.7. The summed E-state index contributed by atoms with van der Waals surface area (Å²) in [7, 11) is 0.